The molecule has 0 bridgehead atoms. The third-order valence-electron chi connectivity index (χ3n) is 5.26. The Morgan fingerprint density at radius 3 is 2.39 bits per heavy atom. The van der Waals surface area contributed by atoms with Crippen LogP contribution in [0.5, 0.6) is 5.75 Å². The first-order valence-corrected chi connectivity index (χ1v) is 11.0. The van der Waals surface area contributed by atoms with E-state index in [1.807, 2.05) is 56.0 Å². The molecule has 2 aromatic carbocycles. The highest BCUT2D eigenvalue weighted by Gasteiger charge is 2.24. The average Bonchev–Trinajstić information content (AvgIpc) is 2.78. The lowest BCUT2D eigenvalue weighted by atomic mass is 10.1. The van der Waals surface area contributed by atoms with Crippen molar-refractivity contribution in [2.24, 2.45) is 0 Å². The van der Waals surface area contributed by atoms with Crippen molar-refractivity contribution in [1.29, 1.82) is 0 Å². The summed E-state index contributed by atoms with van der Waals surface area (Å²) >= 11 is 0. The second-order valence-corrected chi connectivity index (χ2v) is 7.83. The van der Waals surface area contributed by atoms with Gasteiger partial charge in [0.2, 0.25) is 11.8 Å². The molecule has 0 unspecified atom stereocenters. The van der Waals surface area contributed by atoms with E-state index in [1.165, 1.54) is 5.56 Å². The lowest BCUT2D eigenvalue weighted by Crippen LogP contribution is -2.50. The Kier molecular flexibility index (Phi) is 10.0. The summed E-state index contributed by atoms with van der Waals surface area (Å²) in [6, 6.07) is 17.2. The molecule has 6 nitrogen and oxygen atoms in total. The van der Waals surface area contributed by atoms with Crippen LogP contribution in [0, 0.1) is 0 Å². The van der Waals surface area contributed by atoms with Crippen molar-refractivity contribution in [3.8, 4) is 5.75 Å². The summed E-state index contributed by atoms with van der Waals surface area (Å²) in [5.74, 6) is 0.379. The summed E-state index contributed by atoms with van der Waals surface area (Å²) in [5.41, 5.74) is 1.88. The predicted molar refractivity (Wildman–Crippen MR) is 125 cm³/mol. The molecular weight excluding hydrogens is 390 g/mol. The maximum Gasteiger partial charge on any atom is 0.238 e. The zero-order chi connectivity index (χ0) is 22.6. The molecule has 0 saturated heterocycles. The van der Waals surface area contributed by atoms with Crippen LogP contribution in [0.2, 0.25) is 0 Å². The topological polar surface area (TPSA) is 70.7 Å². The molecule has 0 spiro atoms. The number of carbonyl (C=O) groups is 2. The van der Waals surface area contributed by atoms with E-state index in [9.17, 15) is 9.59 Å². The van der Waals surface area contributed by atoms with Crippen LogP contribution in [0.15, 0.2) is 54.6 Å². The third-order valence-corrected chi connectivity index (χ3v) is 5.26. The number of para-hydroxylation sites is 2. The Hall–Kier alpha value is -2.86. The number of hydrogen-bond acceptors (Lipinski definition) is 4. The van der Waals surface area contributed by atoms with Crippen LogP contribution in [-0.2, 0) is 16.0 Å². The van der Waals surface area contributed by atoms with Crippen LogP contribution >= 0.6 is 0 Å². The molecule has 2 rings (SSSR count). The van der Waals surface area contributed by atoms with E-state index in [0.717, 1.165) is 19.3 Å². The molecule has 2 amide bonds. The summed E-state index contributed by atoms with van der Waals surface area (Å²) < 4.78 is 5.29. The number of methoxy groups -OCH3 is 1. The van der Waals surface area contributed by atoms with Gasteiger partial charge in [-0.2, -0.15) is 0 Å². The smallest absolute Gasteiger partial charge is 0.238 e. The number of carbonyl (C=O) groups excluding carboxylic acids is 2. The molecule has 0 heterocycles. The average molecular weight is 426 g/mol. The molecule has 0 aliphatic heterocycles. The molecule has 0 aliphatic rings. The normalized spacial score (nSPS) is 12.8. The maximum absolute atomic E-state index is 12.8. The standard InChI is InChI=1S/C25H35N3O3/c1-5-17-28(18-24(29)27-22-13-9-10-14-23(22)31-4)20(3)25(30)26-19(2)15-16-21-11-7-6-8-12-21/h6-14,19-20H,5,15-18H2,1-4H3,(H,26,30)(H,27,29)/t19-,20-/m0/s1. The van der Waals surface area contributed by atoms with E-state index in [2.05, 4.69) is 22.8 Å². The fourth-order valence-electron chi connectivity index (χ4n) is 3.45. The molecule has 2 aromatic rings. The van der Waals surface area contributed by atoms with E-state index in [1.54, 1.807) is 19.2 Å². The fraction of sp³-hybridized carbons (Fsp3) is 0.440. The number of amides is 2. The van der Waals surface area contributed by atoms with Crippen molar-refractivity contribution in [3.05, 3.63) is 60.2 Å². The van der Waals surface area contributed by atoms with Crippen molar-refractivity contribution in [2.75, 3.05) is 25.5 Å². The number of nitrogens with zero attached hydrogens (tertiary/aromatic N) is 1. The highest BCUT2D eigenvalue weighted by atomic mass is 16.5. The minimum absolute atomic E-state index is 0.0564. The highest BCUT2D eigenvalue weighted by molar-refractivity contribution is 5.94. The van der Waals surface area contributed by atoms with Crippen molar-refractivity contribution < 1.29 is 14.3 Å². The third kappa shape index (κ3) is 8.06. The minimum atomic E-state index is -0.400. The first-order chi connectivity index (χ1) is 14.9. The Morgan fingerprint density at radius 1 is 1.03 bits per heavy atom. The zero-order valence-corrected chi connectivity index (χ0v) is 19.1. The number of anilines is 1. The summed E-state index contributed by atoms with van der Waals surface area (Å²) in [5, 5.41) is 5.98. The van der Waals surface area contributed by atoms with Gasteiger partial charge in [0, 0.05) is 6.04 Å². The van der Waals surface area contributed by atoms with Gasteiger partial charge in [0.1, 0.15) is 5.75 Å². The second kappa shape index (κ2) is 12.7. The first-order valence-electron chi connectivity index (χ1n) is 11.0. The van der Waals surface area contributed by atoms with Crippen LogP contribution in [0.4, 0.5) is 5.69 Å². The Labute approximate surface area is 186 Å². The fourth-order valence-corrected chi connectivity index (χ4v) is 3.45. The monoisotopic (exact) mass is 425 g/mol. The molecule has 168 valence electrons. The summed E-state index contributed by atoms with van der Waals surface area (Å²) in [4.78, 5) is 27.4. The van der Waals surface area contributed by atoms with Gasteiger partial charge in [-0.15, -0.1) is 0 Å². The molecule has 0 radical (unpaired) electrons. The lowest BCUT2D eigenvalue weighted by Gasteiger charge is -2.28. The van der Waals surface area contributed by atoms with Gasteiger partial charge in [0.15, 0.2) is 0 Å². The van der Waals surface area contributed by atoms with Gasteiger partial charge in [-0.1, -0.05) is 49.4 Å². The van der Waals surface area contributed by atoms with Crippen LogP contribution in [0.3, 0.4) is 0 Å². The molecule has 6 heteroatoms. The Morgan fingerprint density at radius 2 is 1.71 bits per heavy atom. The largest absolute Gasteiger partial charge is 0.495 e. The van der Waals surface area contributed by atoms with Crippen LogP contribution in [-0.4, -0.2) is 49.0 Å². The molecule has 0 aliphatic carbocycles. The number of rotatable bonds is 12. The SMILES string of the molecule is CCCN(CC(=O)Nc1ccccc1OC)[C@@H](C)C(=O)N[C@@H](C)CCc1ccccc1. The van der Waals surface area contributed by atoms with E-state index in [4.69, 9.17) is 4.74 Å². The number of ether oxygens (including phenoxy) is 1. The van der Waals surface area contributed by atoms with Crippen molar-refractivity contribution in [3.63, 3.8) is 0 Å². The van der Waals surface area contributed by atoms with E-state index in [-0.39, 0.29) is 24.4 Å². The minimum Gasteiger partial charge on any atom is -0.495 e. The van der Waals surface area contributed by atoms with E-state index < -0.39 is 6.04 Å². The molecule has 0 saturated carbocycles. The molecule has 2 N–H and O–H groups in total. The number of benzene rings is 2. The number of hydrogen-bond donors (Lipinski definition) is 2. The summed E-state index contributed by atoms with van der Waals surface area (Å²) in [7, 11) is 1.57. The molecule has 0 fully saturated rings. The van der Waals surface area contributed by atoms with Crippen LogP contribution in [0.25, 0.3) is 0 Å². The van der Waals surface area contributed by atoms with Gasteiger partial charge >= 0.3 is 0 Å². The maximum atomic E-state index is 12.8. The predicted octanol–water partition coefficient (Wildman–Crippen LogP) is 3.87. The number of aryl methyl sites for hydroxylation is 1. The zero-order valence-electron chi connectivity index (χ0n) is 19.1. The van der Waals surface area contributed by atoms with Gasteiger partial charge in [-0.3, -0.25) is 14.5 Å². The summed E-state index contributed by atoms with van der Waals surface area (Å²) in [6.45, 7) is 6.71. The van der Waals surface area contributed by atoms with Gasteiger partial charge in [-0.25, -0.2) is 0 Å². The van der Waals surface area contributed by atoms with Crippen LogP contribution < -0.4 is 15.4 Å². The molecule has 31 heavy (non-hydrogen) atoms. The van der Waals surface area contributed by atoms with Crippen molar-refractivity contribution in [1.82, 2.24) is 10.2 Å². The number of nitrogens with one attached hydrogen (secondary N) is 2. The van der Waals surface area contributed by atoms with Gasteiger partial charge < -0.3 is 15.4 Å². The quantitative estimate of drug-likeness (QED) is 0.542. The van der Waals surface area contributed by atoms with Crippen molar-refractivity contribution in [2.45, 2.75) is 52.1 Å². The first kappa shape index (κ1) is 24.4. The lowest BCUT2D eigenvalue weighted by molar-refractivity contribution is -0.127. The van der Waals surface area contributed by atoms with Crippen LogP contribution in [0.1, 0.15) is 39.2 Å². The van der Waals surface area contributed by atoms with Gasteiger partial charge in [-0.05, 0) is 57.4 Å². The van der Waals surface area contributed by atoms with E-state index in [0.29, 0.717) is 18.0 Å². The second-order valence-electron chi connectivity index (χ2n) is 7.83. The summed E-state index contributed by atoms with van der Waals surface area (Å²) in [6.07, 6.45) is 2.63. The Balaban J connectivity index is 1.89. The Bertz CT molecular complexity index is 826. The molecular formula is C25H35N3O3. The van der Waals surface area contributed by atoms with Gasteiger partial charge in [0.25, 0.3) is 0 Å². The molecule has 2 atom stereocenters. The van der Waals surface area contributed by atoms with Crippen molar-refractivity contribution >= 4 is 17.5 Å². The highest BCUT2D eigenvalue weighted by Crippen LogP contribution is 2.23. The van der Waals surface area contributed by atoms with Gasteiger partial charge in [0.05, 0.1) is 25.4 Å². The van der Waals surface area contributed by atoms with E-state index >= 15 is 0 Å². The molecule has 0 aromatic heterocycles.